The summed E-state index contributed by atoms with van der Waals surface area (Å²) >= 11 is 5.10. The van der Waals surface area contributed by atoms with Crippen molar-refractivity contribution in [2.24, 2.45) is 0 Å². The van der Waals surface area contributed by atoms with Crippen LogP contribution >= 0.6 is 12.2 Å². The molecule has 0 amide bonds. The Balaban J connectivity index is 2.70. The van der Waals surface area contributed by atoms with Crippen LogP contribution < -0.4 is 10.5 Å². The quantitative estimate of drug-likeness (QED) is 0.744. The molecule has 0 fully saturated rings. The number of hydrogen-bond acceptors (Lipinski definition) is 6. The van der Waals surface area contributed by atoms with Crippen LogP contribution in [0.3, 0.4) is 0 Å². The van der Waals surface area contributed by atoms with Gasteiger partial charge in [0.2, 0.25) is 0 Å². The molecule has 0 aliphatic heterocycles. The van der Waals surface area contributed by atoms with Crippen LogP contribution in [0.4, 0.5) is 5.82 Å². The van der Waals surface area contributed by atoms with E-state index in [0.717, 1.165) is 0 Å². The lowest BCUT2D eigenvalue weighted by molar-refractivity contribution is 0.201. The number of benzene rings is 1. The summed E-state index contributed by atoms with van der Waals surface area (Å²) in [4.78, 5) is 2.65. The van der Waals surface area contributed by atoms with Gasteiger partial charge >= 0.3 is 0 Å². The Morgan fingerprint density at radius 3 is 2.64 bits per heavy atom. The number of ether oxygens (including phenoxy) is 1. The number of aliphatic hydroxyl groups is 1. The van der Waals surface area contributed by atoms with Crippen molar-refractivity contribution >= 4 is 18.0 Å². The number of nitrogens with two attached hydrogens (primary N) is 1. The molecule has 1 aromatic heterocycles. The first-order valence-electron chi connectivity index (χ1n) is 6.32. The number of anilines is 1. The van der Waals surface area contributed by atoms with Gasteiger partial charge in [0.05, 0.1) is 12.2 Å². The van der Waals surface area contributed by atoms with Gasteiger partial charge in [0, 0.05) is 5.56 Å². The molecular weight excluding hydrogens is 300 g/mol. The second-order valence-electron chi connectivity index (χ2n) is 4.32. The zero-order valence-corrected chi connectivity index (χ0v) is 12.3. The van der Waals surface area contributed by atoms with Gasteiger partial charge in [-0.2, -0.15) is 10.5 Å². The largest absolute Gasteiger partial charge is 0.491 e. The number of aromatic nitrogens is 1. The number of nitriles is 2. The predicted octanol–water partition coefficient (Wildman–Crippen LogP) is 2.11. The summed E-state index contributed by atoms with van der Waals surface area (Å²) in [6.45, 7) is 0.0390. The van der Waals surface area contributed by atoms with Crippen LogP contribution in [-0.4, -0.2) is 23.3 Å². The average Bonchev–Trinajstić information content (AvgIpc) is 2.52. The predicted molar refractivity (Wildman–Crippen MR) is 83.5 cm³/mol. The fraction of sp³-hybridized carbons (Fsp3) is 0.133. The molecule has 0 spiro atoms. The number of aromatic amines is 1. The number of rotatable bonds is 4. The van der Waals surface area contributed by atoms with Crippen molar-refractivity contribution in [1.29, 1.82) is 10.5 Å². The molecule has 0 saturated heterocycles. The Kier molecular flexibility index (Phi) is 4.74. The van der Waals surface area contributed by atoms with Gasteiger partial charge in [-0.25, -0.2) is 0 Å². The molecular formula is C15H12N4O2S. The Bertz CT molecular complexity index is 846. The summed E-state index contributed by atoms with van der Waals surface area (Å²) in [6.07, 6.45) is 0. The third kappa shape index (κ3) is 2.91. The molecule has 0 aliphatic carbocycles. The molecule has 0 radical (unpaired) electrons. The van der Waals surface area contributed by atoms with Crippen molar-refractivity contribution in [2.75, 3.05) is 18.9 Å². The molecule has 0 saturated carbocycles. The fourth-order valence-electron chi connectivity index (χ4n) is 2.04. The molecule has 0 atom stereocenters. The summed E-state index contributed by atoms with van der Waals surface area (Å²) in [5.41, 5.74) is 7.10. The highest BCUT2D eigenvalue weighted by Crippen LogP contribution is 2.32. The number of nitrogen functional groups attached to an aromatic ring is 1. The SMILES string of the molecule is N#Cc1c(N)[nH]c(=S)c(C#N)c1-c1cccc(OCCO)c1. The molecule has 1 aromatic carbocycles. The molecule has 110 valence electrons. The van der Waals surface area contributed by atoms with E-state index in [2.05, 4.69) is 4.98 Å². The highest BCUT2D eigenvalue weighted by molar-refractivity contribution is 7.71. The number of pyridine rings is 1. The Hall–Kier alpha value is -2.87. The maximum Gasteiger partial charge on any atom is 0.123 e. The van der Waals surface area contributed by atoms with Gasteiger partial charge in [-0.3, -0.25) is 0 Å². The molecule has 6 nitrogen and oxygen atoms in total. The molecule has 0 unspecified atom stereocenters. The Morgan fingerprint density at radius 2 is 2.00 bits per heavy atom. The minimum atomic E-state index is -0.110. The van der Waals surface area contributed by atoms with E-state index in [-0.39, 0.29) is 34.8 Å². The fourth-order valence-corrected chi connectivity index (χ4v) is 2.29. The maximum absolute atomic E-state index is 9.33. The maximum atomic E-state index is 9.33. The van der Waals surface area contributed by atoms with Crippen molar-refractivity contribution in [3.8, 4) is 29.0 Å². The molecule has 1 heterocycles. The smallest absolute Gasteiger partial charge is 0.123 e. The lowest BCUT2D eigenvalue weighted by Gasteiger charge is -2.11. The molecule has 22 heavy (non-hydrogen) atoms. The van der Waals surface area contributed by atoms with Crippen molar-refractivity contribution in [3.05, 3.63) is 40.0 Å². The molecule has 0 bridgehead atoms. The van der Waals surface area contributed by atoms with Crippen molar-refractivity contribution in [1.82, 2.24) is 4.98 Å². The number of nitrogens with zero attached hydrogens (tertiary/aromatic N) is 2. The van der Waals surface area contributed by atoms with Gasteiger partial charge in [0.25, 0.3) is 0 Å². The average molecular weight is 312 g/mol. The van der Waals surface area contributed by atoms with Crippen LogP contribution in [0.25, 0.3) is 11.1 Å². The van der Waals surface area contributed by atoms with Crippen molar-refractivity contribution in [3.63, 3.8) is 0 Å². The zero-order chi connectivity index (χ0) is 16.1. The highest BCUT2D eigenvalue weighted by Gasteiger charge is 2.16. The summed E-state index contributed by atoms with van der Waals surface area (Å²) < 4.78 is 5.52. The first kappa shape index (κ1) is 15.5. The van der Waals surface area contributed by atoms with E-state index in [1.807, 2.05) is 12.1 Å². The third-order valence-electron chi connectivity index (χ3n) is 2.95. The van der Waals surface area contributed by atoms with Gasteiger partial charge in [0.15, 0.2) is 0 Å². The van der Waals surface area contributed by atoms with E-state index in [1.165, 1.54) is 0 Å². The van der Waals surface area contributed by atoms with Crippen LogP contribution in [0.1, 0.15) is 11.1 Å². The summed E-state index contributed by atoms with van der Waals surface area (Å²) in [5.74, 6) is 0.625. The standard InChI is InChI=1S/C15H12N4O2S/c16-7-11-13(12(8-17)15(22)19-14(11)18)9-2-1-3-10(6-9)21-5-4-20/h1-3,6,20H,4-5H2,(H3,18,19,22). The first-order valence-corrected chi connectivity index (χ1v) is 6.73. The number of aliphatic hydroxyl groups excluding tert-OH is 1. The second kappa shape index (κ2) is 6.72. The third-order valence-corrected chi connectivity index (χ3v) is 3.26. The van der Waals surface area contributed by atoms with E-state index >= 15 is 0 Å². The van der Waals surface area contributed by atoms with E-state index in [4.69, 9.17) is 27.8 Å². The summed E-state index contributed by atoms with van der Waals surface area (Å²) in [5, 5.41) is 27.5. The van der Waals surface area contributed by atoms with Gasteiger partial charge in [-0.05, 0) is 17.7 Å². The molecule has 2 aromatic rings. The van der Waals surface area contributed by atoms with Gasteiger partial charge in [-0.1, -0.05) is 24.4 Å². The van der Waals surface area contributed by atoms with E-state index in [0.29, 0.717) is 16.9 Å². The molecule has 4 N–H and O–H groups in total. The molecule has 0 aliphatic rings. The summed E-state index contributed by atoms with van der Waals surface area (Å²) in [6, 6.07) is 10.8. The van der Waals surface area contributed by atoms with Gasteiger partial charge in [0.1, 0.15) is 40.5 Å². The number of nitrogens with one attached hydrogen (secondary N) is 1. The van der Waals surface area contributed by atoms with Crippen molar-refractivity contribution < 1.29 is 9.84 Å². The van der Waals surface area contributed by atoms with Crippen LogP contribution in [0, 0.1) is 27.3 Å². The van der Waals surface area contributed by atoms with E-state index < -0.39 is 0 Å². The van der Waals surface area contributed by atoms with Crippen molar-refractivity contribution in [2.45, 2.75) is 0 Å². The number of H-pyrrole nitrogens is 1. The van der Waals surface area contributed by atoms with Gasteiger partial charge in [-0.15, -0.1) is 0 Å². The highest BCUT2D eigenvalue weighted by atomic mass is 32.1. The lowest BCUT2D eigenvalue weighted by Crippen LogP contribution is -2.03. The van der Waals surface area contributed by atoms with E-state index in [9.17, 15) is 10.5 Å². The van der Waals surface area contributed by atoms with Gasteiger partial charge < -0.3 is 20.6 Å². The minimum Gasteiger partial charge on any atom is -0.491 e. The first-order chi connectivity index (χ1) is 10.6. The minimum absolute atomic E-state index is 0.110. The monoisotopic (exact) mass is 312 g/mol. The Labute approximate surface area is 132 Å². The molecule has 7 heteroatoms. The zero-order valence-electron chi connectivity index (χ0n) is 11.5. The lowest BCUT2D eigenvalue weighted by atomic mass is 9.97. The van der Waals surface area contributed by atoms with Crippen LogP contribution in [-0.2, 0) is 0 Å². The second-order valence-corrected chi connectivity index (χ2v) is 4.72. The summed E-state index contributed by atoms with van der Waals surface area (Å²) in [7, 11) is 0. The van der Waals surface area contributed by atoms with Crippen LogP contribution in [0.5, 0.6) is 5.75 Å². The molecule has 2 rings (SSSR count). The van der Waals surface area contributed by atoms with E-state index in [1.54, 1.807) is 24.3 Å². The van der Waals surface area contributed by atoms with Crippen LogP contribution in [0.2, 0.25) is 0 Å². The van der Waals surface area contributed by atoms with Crippen LogP contribution in [0.15, 0.2) is 24.3 Å². The Morgan fingerprint density at radius 1 is 1.27 bits per heavy atom. The topological polar surface area (TPSA) is 119 Å². The normalized spacial score (nSPS) is 9.77. The number of hydrogen-bond donors (Lipinski definition) is 3.